The highest BCUT2D eigenvalue weighted by Gasteiger charge is 2.22. The molecule has 4 aromatic heterocycles. The van der Waals surface area contributed by atoms with E-state index in [9.17, 15) is 23.6 Å². The third-order valence-corrected chi connectivity index (χ3v) is 7.68. The minimum absolute atomic E-state index is 0.0767. The molecule has 1 unspecified atom stereocenters. The number of aryl methyl sites for hydroxylation is 3. The molecule has 2 aliphatic carbocycles. The monoisotopic (exact) mass is 566 g/mol. The average molecular weight is 567 g/mol. The Balaban J connectivity index is 0.000000165. The number of nitrogens with zero attached hydrogens (tertiary/aromatic N) is 2. The Labute approximate surface area is 234 Å². The lowest BCUT2D eigenvalue weighted by atomic mass is 10.1. The summed E-state index contributed by atoms with van der Waals surface area (Å²) in [6.45, 7) is 3.16. The van der Waals surface area contributed by atoms with Crippen molar-refractivity contribution < 1.29 is 13.2 Å². The van der Waals surface area contributed by atoms with Gasteiger partial charge in [0, 0.05) is 18.6 Å². The smallest absolute Gasteiger partial charge is 0.337 e. The van der Waals surface area contributed by atoms with Crippen LogP contribution in [-0.2, 0) is 19.3 Å². The molecular formula is C30H35FN4O6. The zero-order valence-corrected chi connectivity index (χ0v) is 23.4. The number of aromatic nitrogens is 4. The van der Waals surface area contributed by atoms with E-state index in [0.29, 0.717) is 29.6 Å². The number of nitrogens with one attached hydrogen (secondary N) is 2. The fourth-order valence-electron chi connectivity index (χ4n) is 5.08. The first kappa shape index (κ1) is 28.6. The van der Waals surface area contributed by atoms with Crippen LogP contribution in [0.15, 0.2) is 40.1 Å². The van der Waals surface area contributed by atoms with E-state index in [1.165, 1.54) is 51.2 Å². The molecule has 2 N–H and O–H groups in total. The number of hydrogen-bond acceptors (Lipinski definition) is 8. The van der Waals surface area contributed by atoms with E-state index in [1.54, 1.807) is 0 Å². The fourth-order valence-corrected chi connectivity index (χ4v) is 5.08. The summed E-state index contributed by atoms with van der Waals surface area (Å²) in [5, 5.41) is 0.687. The average Bonchev–Trinajstić information content (AvgIpc) is 3.84. The van der Waals surface area contributed by atoms with Crippen LogP contribution in [0.25, 0.3) is 22.2 Å². The molecular weight excluding hydrogens is 531 g/mol. The van der Waals surface area contributed by atoms with E-state index < -0.39 is 23.0 Å². The minimum atomic E-state index is -1.43. The number of halogens is 1. The van der Waals surface area contributed by atoms with Crippen LogP contribution in [0.4, 0.5) is 4.39 Å². The van der Waals surface area contributed by atoms with E-state index in [1.807, 2.05) is 6.92 Å². The third-order valence-electron chi connectivity index (χ3n) is 7.68. The van der Waals surface area contributed by atoms with Crippen LogP contribution >= 0.6 is 0 Å². The van der Waals surface area contributed by atoms with Gasteiger partial charge in [0.25, 0.3) is 11.1 Å². The van der Waals surface area contributed by atoms with E-state index >= 15 is 0 Å². The molecule has 0 radical (unpaired) electrons. The molecule has 4 heterocycles. The molecule has 0 aliphatic heterocycles. The summed E-state index contributed by atoms with van der Waals surface area (Å²) in [6, 6.07) is 2.77. The Bertz CT molecular complexity index is 1780. The molecule has 0 amide bonds. The Morgan fingerprint density at radius 3 is 1.78 bits per heavy atom. The van der Waals surface area contributed by atoms with Gasteiger partial charge >= 0.3 is 11.3 Å². The van der Waals surface area contributed by atoms with Gasteiger partial charge in [-0.3, -0.25) is 9.59 Å². The molecule has 6 rings (SSSR count). The van der Waals surface area contributed by atoms with Crippen LogP contribution in [0.1, 0.15) is 94.2 Å². The summed E-state index contributed by atoms with van der Waals surface area (Å²) in [6.07, 6.45) is 9.92. The molecule has 0 saturated heterocycles. The predicted octanol–water partition coefficient (Wildman–Crippen LogP) is 4.81. The SMILES string of the molecule is CC(F)c1nc2oc(=O)cc(CCCC3CC3)c2c(=O)[nH]1.CCc1nc2oc(=O)cc(CCCC3CC3)c2c(=O)[nH]1. The van der Waals surface area contributed by atoms with Gasteiger partial charge in [0.2, 0.25) is 11.4 Å². The maximum atomic E-state index is 13.3. The quantitative estimate of drug-likeness (QED) is 0.277. The molecule has 10 nitrogen and oxygen atoms in total. The van der Waals surface area contributed by atoms with Gasteiger partial charge in [-0.25, -0.2) is 14.0 Å². The predicted molar refractivity (Wildman–Crippen MR) is 152 cm³/mol. The van der Waals surface area contributed by atoms with Gasteiger partial charge in [-0.2, -0.15) is 9.97 Å². The van der Waals surface area contributed by atoms with Gasteiger partial charge < -0.3 is 18.8 Å². The molecule has 2 saturated carbocycles. The van der Waals surface area contributed by atoms with E-state index in [0.717, 1.165) is 43.1 Å². The Kier molecular flexibility index (Phi) is 8.60. The molecule has 0 spiro atoms. The summed E-state index contributed by atoms with van der Waals surface area (Å²) < 4.78 is 23.3. The number of H-pyrrole nitrogens is 2. The minimum Gasteiger partial charge on any atom is -0.403 e. The largest absolute Gasteiger partial charge is 0.403 e. The Hall–Kier alpha value is -3.89. The molecule has 0 aromatic carbocycles. The highest BCUT2D eigenvalue weighted by atomic mass is 19.1. The highest BCUT2D eigenvalue weighted by Crippen LogP contribution is 2.34. The standard InChI is InChI=1S/C15H17FN2O3.C15H18N2O3/c1-8(16)13-17-14(20)12-10(4-2-3-9-5-6-9)7-11(19)21-15(12)18-13;1-2-11-16-14(19)13-10(5-3-4-9-6-7-9)8-12(18)20-15(13)17-11/h7-9H,2-6H2,1H3,(H,17,18,20);8-9H,2-7H2,1H3,(H,16,17,19). The maximum Gasteiger partial charge on any atom is 0.337 e. The van der Waals surface area contributed by atoms with Crippen molar-refractivity contribution in [1.82, 2.24) is 19.9 Å². The van der Waals surface area contributed by atoms with Crippen molar-refractivity contribution in [2.45, 2.75) is 90.6 Å². The van der Waals surface area contributed by atoms with Gasteiger partial charge in [-0.05, 0) is 55.6 Å². The second-order valence-corrected chi connectivity index (χ2v) is 11.1. The number of hydrogen-bond donors (Lipinski definition) is 2. The van der Waals surface area contributed by atoms with Crippen molar-refractivity contribution in [3.63, 3.8) is 0 Å². The second-order valence-electron chi connectivity index (χ2n) is 11.1. The van der Waals surface area contributed by atoms with E-state index in [4.69, 9.17) is 8.83 Å². The molecule has 41 heavy (non-hydrogen) atoms. The number of rotatable bonds is 10. The number of aromatic amines is 2. The Morgan fingerprint density at radius 1 is 0.829 bits per heavy atom. The first-order valence-corrected chi connectivity index (χ1v) is 14.5. The number of alkyl halides is 1. The second kappa shape index (κ2) is 12.3. The summed E-state index contributed by atoms with van der Waals surface area (Å²) >= 11 is 0. The van der Waals surface area contributed by atoms with Crippen molar-refractivity contribution in [3.8, 4) is 0 Å². The van der Waals surface area contributed by atoms with Crippen molar-refractivity contribution in [1.29, 1.82) is 0 Å². The van der Waals surface area contributed by atoms with Gasteiger partial charge in [-0.1, -0.05) is 45.4 Å². The van der Waals surface area contributed by atoms with Crippen molar-refractivity contribution in [3.05, 3.63) is 76.5 Å². The lowest BCUT2D eigenvalue weighted by Crippen LogP contribution is -2.16. The third kappa shape index (κ3) is 7.25. The molecule has 11 heteroatoms. The fraction of sp³-hybridized carbons (Fsp3) is 0.533. The first-order valence-electron chi connectivity index (χ1n) is 14.5. The molecule has 0 bridgehead atoms. The number of fused-ring (bicyclic) bond motifs is 2. The van der Waals surface area contributed by atoms with Gasteiger partial charge in [0.1, 0.15) is 22.4 Å². The molecule has 2 fully saturated rings. The van der Waals surface area contributed by atoms with Gasteiger partial charge in [-0.15, -0.1) is 0 Å². The van der Waals surface area contributed by atoms with E-state index in [2.05, 4.69) is 19.9 Å². The van der Waals surface area contributed by atoms with Crippen LogP contribution in [0.3, 0.4) is 0 Å². The van der Waals surface area contributed by atoms with Crippen LogP contribution in [0, 0.1) is 11.8 Å². The maximum absolute atomic E-state index is 13.3. The van der Waals surface area contributed by atoms with Crippen molar-refractivity contribution in [2.24, 2.45) is 11.8 Å². The zero-order chi connectivity index (χ0) is 29.1. The van der Waals surface area contributed by atoms with Gasteiger partial charge in [0.15, 0.2) is 6.17 Å². The highest BCUT2D eigenvalue weighted by molar-refractivity contribution is 5.76. The summed E-state index contributed by atoms with van der Waals surface area (Å²) in [5.41, 5.74) is -0.172. The van der Waals surface area contributed by atoms with Crippen LogP contribution in [-0.4, -0.2) is 19.9 Å². The van der Waals surface area contributed by atoms with Crippen molar-refractivity contribution in [2.75, 3.05) is 0 Å². The molecule has 1 atom stereocenters. The lowest BCUT2D eigenvalue weighted by molar-refractivity contribution is 0.355. The molecule has 218 valence electrons. The summed E-state index contributed by atoms with van der Waals surface area (Å²) in [7, 11) is 0. The van der Waals surface area contributed by atoms with Crippen molar-refractivity contribution >= 4 is 22.2 Å². The first-order chi connectivity index (χ1) is 19.7. The summed E-state index contributed by atoms with van der Waals surface area (Å²) in [5.74, 6) is 2.07. The van der Waals surface area contributed by atoms with E-state index in [-0.39, 0.29) is 28.2 Å². The van der Waals surface area contributed by atoms with Crippen LogP contribution < -0.4 is 22.4 Å². The lowest BCUT2D eigenvalue weighted by Gasteiger charge is -2.06. The topological polar surface area (TPSA) is 152 Å². The van der Waals surface area contributed by atoms with Crippen LogP contribution in [0.5, 0.6) is 0 Å². The normalized spacial score (nSPS) is 15.6. The molecule has 4 aromatic rings. The van der Waals surface area contributed by atoms with Gasteiger partial charge in [0.05, 0.1) is 0 Å². The van der Waals surface area contributed by atoms with Crippen LogP contribution in [0.2, 0.25) is 0 Å². The Morgan fingerprint density at radius 2 is 1.32 bits per heavy atom. The summed E-state index contributed by atoms with van der Waals surface area (Å²) in [4.78, 5) is 60.7. The molecule has 2 aliphatic rings. The zero-order valence-electron chi connectivity index (χ0n) is 23.4.